The monoisotopic (exact) mass is 359 g/mol. The molecule has 0 saturated carbocycles. The van der Waals surface area contributed by atoms with Crippen molar-refractivity contribution in [3.05, 3.63) is 54.1 Å². The number of esters is 1. The predicted molar refractivity (Wildman–Crippen MR) is 99.4 cm³/mol. The number of carbonyl (C=O) groups excluding carboxylic acids is 2. The summed E-state index contributed by atoms with van der Waals surface area (Å²) in [5.41, 5.74) is 1.02. The second kappa shape index (κ2) is 9.74. The van der Waals surface area contributed by atoms with Crippen LogP contribution in [0.3, 0.4) is 0 Å². The molecule has 0 bridgehead atoms. The number of rotatable bonds is 8. The Morgan fingerprint density at radius 2 is 1.76 bits per heavy atom. The first-order chi connectivity index (χ1) is 12.2. The van der Waals surface area contributed by atoms with Crippen molar-refractivity contribution in [3.63, 3.8) is 0 Å². The minimum atomic E-state index is -0.509. The van der Waals surface area contributed by atoms with E-state index < -0.39 is 11.9 Å². The van der Waals surface area contributed by atoms with Gasteiger partial charge in [-0.1, -0.05) is 31.2 Å². The van der Waals surface area contributed by atoms with E-state index in [1.807, 2.05) is 32.0 Å². The highest BCUT2D eigenvalue weighted by atomic mass is 32.2. The van der Waals surface area contributed by atoms with Gasteiger partial charge in [-0.05, 0) is 36.9 Å². The van der Waals surface area contributed by atoms with Crippen molar-refractivity contribution >= 4 is 29.3 Å². The number of hydrogen-bond donors (Lipinski definition) is 1. The first-order valence-electron chi connectivity index (χ1n) is 8.06. The molecule has 0 radical (unpaired) electrons. The molecule has 0 aliphatic carbocycles. The van der Waals surface area contributed by atoms with E-state index in [0.717, 1.165) is 10.6 Å². The van der Waals surface area contributed by atoms with Crippen LogP contribution in [0.1, 0.15) is 24.2 Å². The second-order valence-corrected chi connectivity index (χ2v) is 6.29. The van der Waals surface area contributed by atoms with E-state index in [1.165, 1.54) is 0 Å². The average molecular weight is 359 g/mol. The Morgan fingerprint density at radius 3 is 2.52 bits per heavy atom. The van der Waals surface area contributed by atoms with Gasteiger partial charge in [-0.3, -0.25) is 4.79 Å². The Morgan fingerprint density at radius 1 is 1.04 bits per heavy atom. The molecule has 1 amide bonds. The fourth-order valence-electron chi connectivity index (χ4n) is 2.16. The van der Waals surface area contributed by atoms with E-state index in [-0.39, 0.29) is 6.61 Å². The summed E-state index contributed by atoms with van der Waals surface area (Å²) in [5.74, 6) is 0.499. The molecule has 0 heterocycles. The number of thioether (sulfide) groups is 1. The first kappa shape index (κ1) is 18.9. The minimum absolute atomic E-state index is 0.357. The summed E-state index contributed by atoms with van der Waals surface area (Å²) >= 11 is 1.56. The van der Waals surface area contributed by atoms with E-state index in [0.29, 0.717) is 23.6 Å². The van der Waals surface area contributed by atoms with Crippen LogP contribution in [0.4, 0.5) is 5.69 Å². The zero-order valence-electron chi connectivity index (χ0n) is 14.3. The Kier molecular flexibility index (Phi) is 7.35. The van der Waals surface area contributed by atoms with Gasteiger partial charge in [-0.25, -0.2) is 4.79 Å². The SMILES string of the molecule is CCOc1ccccc1NC(=O)COC(=O)c1ccccc1SCC. The Bertz CT molecular complexity index is 733. The molecule has 2 aromatic rings. The van der Waals surface area contributed by atoms with Crippen molar-refractivity contribution in [2.75, 3.05) is 24.3 Å². The summed E-state index contributed by atoms with van der Waals surface area (Å²) in [7, 11) is 0. The molecule has 0 aliphatic heterocycles. The third-order valence-electron chi connectivity index (χ3n) is 3.20. The molecule has 2 rings (SSSR count). The highest BCUT2D eigenvalue weighted by molar-refractivity contribution is 7.99. The largest absolute Gasteiger partial charge is 0.492 e. The molecule has 0 unspecified atom stereocenters. The molecule has 5 nitrogen and oxygen atoms in total. The molecule has 0 aliphatic rings. The number of para-hydroxylation sites is 2. The maximum Gasteiger partial charge on any atom is 0.339 e. The molecule has 0 atom stereocenters. The Balaban J connectivity index is 1.95. The van der Waals surface area contributed by atoms with Crippen molar-refractivity contribution in [3.8, 4) is 5.75 Å². The third-order valence-corrected chi connectivity index (χ3v) is 4.16. The van der Waals surface area contributed by atoms with Crippen LogP contribution in [0.15, 0.2) is 53.4 Å². The summed E-state index contributed by atoms with van der Waals surface area (Å²) in [6.45, 7) is 4.01. The summed E-state index contributed by atoms with van der Waals surface area (Å²) in [4.78, 5) is 25.1. The average Bonchev–Trinajstić information content (AvgIpc) is 2.62. The van der Waals surface area contributed by atoms with E-state index in [9.17, 15) is 9.59 Å². The molecule has 0 fully saturated rings. The fraction of sp³-hybridized carbons (Fsp3) is 0.263. The minimum Gasteiger partial charge on any atom is -0.492 e. The van der Waals surface area contributed by atoms with Crippen LogP contribution in [-0.4, -0.2) is 30.8 Å². The van der Waals surface area contributed by atoms with E-state index in [4.69, 9.17) is 9.47 Å². The van der Waals surface area contributed by atoms with Crippen molar-refractivity contribution in [1.82, 2.24) is 0 Å². The number of carbonyl (C=O) groups is 2. The number of anilines is 1. The number of ether oxygens (including phenoxy) is 2. The fourth-order valence-corrected chi connectivity index (χ4v) is 2.96. The van der Waals surface area contributed by atoms with Gasteiger partial charge in [-0.15, -0.1) is 11.8 Å². The molecule has 0 aromatic heterocycles. The Labute approximate surface area is 151 Å². The molecule has 6 heteroatoms. The third kappa shape index (κ3) is 5.53. The van der Waals surface area contributed by atoms with Gasteiger partial charge in [0.15, 0.2) is 6.61 Å². The van der Waals surface area contributed by atoms with Gasteiger partial charge < -0.3 is 14.8 Å². The highest BCUT2D eigenvalue weighted by Crippen LogP contribution is 2.24. The summed E-state index contributed by atoms with van der Waals surface area (Å²) in [6, 6.07) is 14.3. The number of amides is 1. The van der Waals surface area contributed by atoms with Crippen LogP contribution in [0.2, 0.25) is 0 Å². The van der Waals surface area contributed by atoms with Crippen molar-refractivity contribution in [2.45, 2.75) is 18.7 Å². The lowest BCUT2D eigenvalue weighted by molar-refractivity contribution is -0.119. The summed E-state index contributed by atoms with van der Waals surface area (Å²) in [5, 5.41) is 2.70. The van der Waals surface area contributed by atoms with Crippen LogP contribution in [0, 0.1) is 0 Å². The zero-order valence-corrected chi connectivity index (χ0v) is 15.1. The van der Waals surface area contributed by atoms with Crippen LogP contribution in [-0.2, 0) is 9.53 Å². The van der Waals surface area contributed by atoms with Crippen LogP contribution in [0.5, 0.6) is 5.75 Å². The van der Waals surface area contributed by atoms with Crippen molar-refractivity contribution in [1.29, 1.82) is 0 Å². The van der Waals surface area contributed by atoms with Gasteiger partial charge in [0, 0.05) is 4.90 Å². The lowest BCUT2D eigenvalue weighted by Crippen LogP contribution is -2.21. The maximum absolute atomic E-state index is 12.2. The normalized spacial score (nSPS) is 10.2. The van der Waals surface area contributed by atoms with Gasteiger partial charge in [0.2, 0.25) is 0 Å². The van der Waals surface area contributed by atoms with Crippen LogP contribution in [0.25, 0.3) is 0 Å². The molecular weight excluding hydrogens is 338 g/mol. The topological polar surface area (TPSA) is 64.6 Å². The molecule has 1 N–H and O–H groups in total. The van der Waals surface area contributed by atoms with E-state index in [1.54, 1.807) is 42.1 Å². The van der Waals surface area contributed by atoms with Gasteiger partial charge in [-0.2, -0.15) is 0 Å². The number of hydrogen-bond acceptors (Lipinski definition) is 5. The van der Waals surface area contributed by atoms with Gasteiger partial charge in [0.05, 0.1) is 17.9 Å². The number of benzene rings is 2. The lowest BCUT2D eigenvalue weighted by atomic mass is 10.2. The van der Waals surface area contributed by atoms with E-state index in [2.05, 4.69) is 5.32 Å². The highest BCUT2D eigenvalue weighted by Gasteiger charge is 2.15. The van der Waals surface area contributed by atoms with Crippen molar-refractivity contribution < 1.29 is 19.1 Å². The van der Waals surface area contributed by atoms with Gasteiger partial charge in [0.25, 0.3) is 5.91 Å². The smallest absolute Gasteiger partial charge is 0.339 e. The lowest BCUT2D eigenvalue weighted by Gasteiger charge is -2.12. The molecule has 0 saturated heterocycles. The second-order valence-electron chi connectivity index (χ2n) is 4.98. The van der Waals surface area contributed by atoms with Gasteiger partial charge in [0.1, 0.15) is 5.75 Å². The quantitative estimate of drug-likeness (QED) is 0.570. The molecule has 25 heavy (non-hydrogen) atoms. The standard InChI is InChI=1S/C19H21NO4S/c1-3-23-16-11-7-6-10-15(16)20-18(21)13-24-19(22)14-9-5-8-12-17(14)25-4-2/h5-12H,3-4,13H2,1-2H3,(H,20,21). The van der Waals surface area contributed by atoms with Gasteiger partial charge >= 0.3 is 5.97 Å². The predicted octanol–water partition coefficient (Wildman–Crippen LogP) is 3.99. The zero-order chi connectivity index (χ0) is 18.1. The molecular formula is C19H21NO4S. The summed E-state index contributed by atoms with van der Waals surface area (Å²) in [6.07, 6.45) is 0. The molecule has 2 aromatic carbocycles. The summed E-state index contributed by atoms with van der Waals surface area (Å²) < 4.78 is 10.6. The number of nitrogens with one attached hydrogen (secondary N) is 1. The van der Waals surface area contributed by atoms with E-state index >= 15 is 0 Å². The van der Waals surface area contributed by atoms with Crippen LogP contribution >= 0.6 is 11.8 Å². The van der Waals surface area contributed by atoms with Crippen molar-refractivity contribution in [2.24, 2.45) is 0 Å². The maximum atomic E-state index is 12.2. The molecule has 132 valence electrons. The Hall–Kier alpha value is -2.47. The first-order valence-corrected chi connectivity index (χ1v) is 9.04. The molecule has 0 spiro atoms. The van der Waals surface area contributed by atoms with Crippen LogP contribution < -0.4 is 10.1 Å².